The highest BCUT2D eigenvalue weighted by Crippen LogP contribution is 2.22. The summed E-state index contributed by atoms with van der Waals surface area (Å²) in [5, 5.41) is 0.377. The molecule has 0 unspecified atom stereocenters. The molecule has 0 aliphatic carbocycles. The topological polar surface area (TPSA) is 39.2 Å². The van der Waals surface area contributed by atoms with Crippen LogP contribution >= 0.6 is 11.6 Å². The van der Waals surface area contributed by atoms with Crippen molar-refractivity contribution in [3.8, 4) is 0 Å². The monoisotopic (exact) mass is 185 g/mol. The van der Waals surface area contributed by atoms with Crippen molar-refractivity contribution in [1.29, 1.82) is 0 Å². The van der Waals surface area contributed by atoms with Gasteiger partial charge in [0.25, 0.3) is 0 Å². The van der Waals surface area contributed by atoms with Gasteiger partial charge in [-0.2, -0.15) is 0 Å². The summed E-state index contributed by atoms with van der Waals surface area (Å²) in [5.74, 6) is 0.711. The average molecular weight is 186 g/mol. The molecular weight excluding hydrogens is 174 g/mol. The maximum atomic E-state index is 5.80. The van der Waals surface area contributed by atoms with E-state index in [0.29, 0.717) is 11.0 Å². The minimum absolute atomic E-state index is 0.130. The summed E-state index contributed by atoms with van der Waals surface area (Å²) in [6, 6.07) is 3.35. The van der Waals surface area contributed by atoms with Gasteiger partial charge in [0, 0.05) is 0 Å². The van der Waals surface area contributed by atoms with Crippen LogP contribution in [0.1, 0.15) is 25.1 Å². The Bertz CT molecular complexity index is 280. The minimum atomic E-state index is -0.130. The summed E-state index contributed by atoms with van der Waals surface area (Å²) in [4.78, 5) is 0. The van der Waals surface area contributed by atoms with Gasteiger partial charge in [-0.05, 0) is 37.1 Å². The van der Waals surface area contributed by atoms with Crippen LogP contribution in [0.4, 0.5) is 0 Å². The van der Waals surface area contributed by atoms with Gasteiger partial charge in [0.05, 0.1) is 6.04 Å². The van der Waals surface area contributed by atoms with E-state index in [1.807, 2.05) is 6.92 Å². The van der Waals surface area contributed by atoms with E-state index >= 15 is 0 Å². The van der Waals surface area contributed by atoms with Gasteiger partial charge < -0.3 is 10.2 Å². The Morgan fingerprint density at radius 3 is 2.83 bits per heavy atom. The number of rotatable bonds is 3. The lowest BCUT2D eigenvalue weighted by atomic mass is 10.1. The standard InChI is InChI=1S/C9H12ClNO/c1-6(2)5-7(11)8-3-4-9(10)12-8/h3-4,7H,1,5,11H2,2H3/t7-/m1/s1. The van der Waals surface area contributed by atoms with Gasteiger partial charge in [0.2, 0.25) is 0 Å². The van der Waals surface area contributed by atoms with E-state index in [9.17, 15) is 0 Å². The number of hydrogen-bond donors (Lipinski definition) is 1. The summed E-state index contributed by atoms with van der Waals surface area (Å²) < 4.78 is 5.15. The molecule has 0 bridgehead atoms. The average Bonchev–Trinajstić information content (AvgIpc) is 2.34. The zero-order valence-corrected chi connectivity index (χ0v) is 7.77. The minimum Gasteiger partial charge on any atom is -0.448 e. The molecule has 0 aliphatic rings. The highest BCUT2D eigenvalue weighted by molar-refractivity contribution is 6.28. The van der Waals surface area contributed by atoms with Crippen molar-refractivity contribution in [2.24, 2.45) is 5.73 Å². The molecule has 0 spiro atoms. The van der Waals surface area contributed by atoms with Crippen LogP contribution in [0, 0.1) is 0 Å². The molecule has 0 amide bonds. The molecule has 1 atom stereocenters. The predicted octanol–water partition coefficient (Wildman–Crippen LogP) is 2.90. The maximum absolute atomic E-state index is 5.80. The Balaban J connectivity index is 2.64. The first-order valence-electron chi connectivity index (χ1n) is 3.75. The molecule has 0 fully saturated rings. The number of halogens is 1. The van der Waals surface area contributed by atoms with Crippen molar-refractivity contribution in [3.63, 3.8) is 0 Å². The van der Waals surface area contributed by atoms with Crippen molar-refractivity contribution in [1.82, 2.24) is 0 Å². The molecule has 3 heteroatoms. The first kappa shape index (κ1) is 9.36. The van der Waals surface area contributed by atoms with Crippen molar-refractivity contribution in [2.45, 2.75) is 19.4 Å². The quantitative estimate of drug-likeness (QED) is 0.736. The highest BCUT2D eigenvalue weighted by Gasteiger charge is 2.09. The molecular formula is C9H12ClNO. The third-order valence-electron chi connectivity index (χ3n) is 1.53. The second-order valence-corrected chi connectivity index (χ2v) is 3.28. The Kier molecular flexibility index (Phi) is 2.95. The van der Waals surface area contributed by atoms with Crippen molar-refractivity contribution >= 4 is 11.6 Å². The van der Waals surface area contributed by atoms with Crippen LogP contribution in [0.15, 0.2) is 28.7 Å². The lowest BCUT2D eigenvalue weighted by Crippen LogP contribution is -2.09. The van der Waals surface area contributed by atoms with E-state index in [2.05, 4.69) is 6.58 Å². The zero-order chi connectivity index (χ0) is 9.14. The van der Waals surface area contributed by atoms with Gasteiger partial charge in [-0.25, -0.2) is 0 Å². The number of hydrogen-bond acceptors (Lipinski definition) is 2. The SMILES string of the molecule is C=C(C)C[C@@H](N)c1ccc(Cl)o1. The zero-order valence-electron chi connectivity index (χ0n) is 7.01. The Morgan fingerprint density at radius 2 is 2.42 bits per heavy atom. The van der Waals surface area contributed by atoms with Crippen molar-refractivity contribution in [3.05, 3.63) is 35.3 Å². The lowest BCUT2D eigenvalue weighted by molar-refractivity contribution is 0.466. The van der Waals surface area contributed by atoms with Crippen molar-refractivity contribution < 1.29 is 4.42 Å². The largest absolute Gasteiger partial charge is 0.448 e. The van der Waals surface area contributed by atoms with Crippen LogP contribution in [0.2, 0.25) is 5.22 Å². The number of furan rings is 1. The van der Waals surface area contributed by atoms with E-state index < -0.39 is 0 Å². The lowest BCUT2D eigenvalue weighted by Gasteiger charge is -2.06. The Morgan fingerprint density at radius 1 is 1.75 bits per heavy atom. The predicted molar refractivity (Wildman–Crippen MR) is 50.1 cm³/mol. The molecule has 12 heavy (non-hydrogen) atoms. The fourth-order valence-electron chi connectivity index (χ4n) is 1.00. The fraction of sp³-hybridized carbons (Fsp3) is 0.333. The first-order valence-corrected chi connectivity index (χ1v) is 4.12. The molecule has 0 saturated carbocycles. The van der Waals surface area contributed by atoms with Gasteiger partial charge >= 0.3 is 0 Å². The second kappa shape index (κ2) is 3.78. The van der Waals surface area contributed by atoms with Gasteiger partial charge in [0.1, 0.15) is 5.76 Å². The van der Waals surface area contributed by atoms with Crippen LogP contribution in [-0.4, -0.2) is 0 Å². The van der Waals surface area contributed by atoms with Gasteiger partial charge in [-0.15, -0.1) is 6.58 Å². The summed E-state index contributed by atoms with van der Waals surface area (Å²) in [7, 11) is 0. The van der Waals surface area contributed by atoms with Gasteiger partial charge in [0.15, 0.2) is 5.22 Å². The molecule has 1 heterocycles. The first-order chi connectivity index (χ1) is 5.59. The van der Waals surface area contributed by atoms with E-state index in [0.717, 1.165) is 12.0 Å². The molecule has 2 nitrogen and oxygen atoms in total. The van der Waals surface area contributed by atoms with Gasteiger partial charge in [-0.1, -0.05) is 5.57 Å². The smallest absolute Gasteiger partial charge is 0.193 e. The van der Waals surface area contributed by atoms with E-state index in [1.54, 1.807) is 12.1 Å². The molecule has 1 rings (SSSR count). The molecule has 1 aromatic heterocycles. The molecule has 0 radical (unpaired) electrons. The molecule has 0 aliphatic heterocycles. The molecule has 1 aromatic rings. The van der Waals surface area contributed by atoms with E-state index in [1.165, 1.54) is 0 Å². The Labute approximate surface area is 77.0 Å². The Hall–Kier alpha value is -0.730. The highest BCUT2D eigenvalue weighted by atomic mass is 35.5. The van der Waals surface area contributed by atoms with Crippen LogP contribution in [0.25, 0.3) is 0 Å². The van der Waals surface area contributed by atoms with Crippen molar-refractivity contribution in [2.75, 3.05) is 0 Å². The summed E-state index contributed by atoms with van der Waals surface area (Å²) in [6.07, 6.45) is 0.726. The molecule has 2 N–H and O–H groups in total. The molecule has 0 aromatic carbocycles. The van der Waals surface area contributed by atoms with Crippen LogP contribution in [0.5, 0.6) is 0 Å². The molecule has 66 valence electrons. The summed E-state index contributed by atoms with van der Waals surface area (Å²) in [5.41, 5.74) is 6.83. The number of nitrogens with two attached hydrogens (primary N) is 1. The third-order valence-corrected chi connectivity index (χ3v) is 1.73. The van der Waals surface area contributed by atoms with Crippen LogP contribution in [-0.2, 0) is 0 Å². The van der Waals surface area contributed by atoms with Crippen LogP contribution < -0.4 is 5.73 Å². The fourth-order valence-corrected chi connectivity index (χ4v) is 1.16. The summed E-state index contributed by atoms with van der Waals surface area (Å²) in [6.45, 7) is 5.71. The van der Waals surface area contributed by atoms with Crippen LogP contribution in [0.3, 0.4) is 0 Å². The third kappa shape index (κ3) is 2.40. The molecule has 0 saturated heterocycles. The second-order valence-electron chi connectivity index (χ2n) is 2.91. The summed E-state index contributed by atoms with van der Waals surface area (Å²) >= 11 is 5.60. The van der Waals surface area contributed by atoms with E-state index in [4.69, 9.17) is 21.8 Å². The van der Waals surface area contributed by atoms with E-state index in [-0.39, 0.29) is 6.04 Å². The maximum Gasteiger partial charge on any atom is 0.193 e. The normalized spacial score (nSPS) is 12.9. The van der Waals surface area contributed by atoms with Gasteiger partial charge in [-0.3, -0.25) is 0 Å².